The first-order chi connectivity index (χ1) is 9.70. The first-order valence-electron chi connectivity index (χ1n) is 6.38. The van der Waals surface area contributed by atoms with Gasteiger partial charge in [0.05, 0.1) is 16.8 Å². The molecule has 1 aromatic carbocycles. The number of aromatic amines is 1. The molecule has 1 aromatic heterocycles. The highest BCUT2D eigenvalue weighted by atomic mass is 32.2. The van der Waals surface area contributed by atoms with Gasteiger partial charge in [0, 0.05) is 6.04 Å². The van der Waals surface area contributed by atoms with Gasteiger partial charge in [-0.1, -0.05) is 23.9 Å². The Kier molecular flexibility index (Phi) is 3.60. The van der Waals surface area contributed by atoms with E-state index in [1.165, 1.54) is 11.8 Å². The molecular weight excluding hydrogens is 276 g/mol. The standard InChI is InChI=1S/C13H14N4O2S/c18-11(17-12(19)14-8-5-6-8)7-20-13-15-9-3-1-2-4-10(9)16-13/h1-4,8H,5-7H2,(H,15,16)(H2,14,17,18,19). The summed E-state index contributed by atoms with van der Waals surface area (Å²) in [5.41, 5.74) is 1.80. The molecule has 2 aromatic rings. The number of thioether (sulfide) groups is 1. The maximum Gasteiger partial charge on any atom is 0.321 e. The maximum atomic E-state index is 11.6. The lowest BCUT2D eigenvalue weighted by Crippen LogP contribution is -2.41. The molecule has 3 amide bonds. The van der Waals surface area contributed by atoms with Crippen LogP contribution in [0.1, 0.15) is 12.8 Å². The number of nitrogens with one attached hydrogen (secondary N) is 3. The summed E-state index contributed by atoms with van der Waals surface area (Å²) in [6, 6.07) is 7.49. The summed E-state index contributed by atoms with van der Waals surface area (Å²) in [5, 5.41) is 5.67. The molecule has 1 aliphatic rings. The zero-order valence-electron chi connectivity index (χ0n) is 10.7. The second kappa shape index (κ2) is 5.54. The molecule has 1 fully saturated rings. The van der Waals surface area contributed by atoms with Gasteiger partial charge in [0.15, 0.2) is 5.16 Å². The highest BCUT2D eigenvalue weighted by molar-refractivity contribution is 7.99. The minimum absolute atomic E-state index is 0.151. The monoisotopic (exact) mass is 290 g/mol. The third kappa shape index (κ3) is 3.30. The van der Waals surface area contributed by atoms with Crippen molar-refractivity contribution in [2.24, 2.45) is 0 Å². The number of hydrogen-bond acceptors (Lipinski definition) is 4. The fourth-order valence-corrected chi connectivity index (χ4v) is 2.43. The number of urea groups is 1. The van der Waals surface area contributed by atoms with Crippen LogP contribution in [-0.2, 0) is 4.79 Å². The predicted molar refractivity (Wildman–Crippen MR) is 76.5 cm³/mol. The largest absolute Gasteiger partial charge is 0.335 e. The summed E-state index contributed by atoms with van der Waals surface area (Å²) >= 11 is 1.27. The molecule has 20 heavy (non-hydrogen) atoms. The van der Waals surface area contributed by atoms with Crippen molar-refractivity contribution in [1.82, 2.24) is 20.6 Å². The van der Waals surface area contributed by atoms with E-state index >= 15 is 0 Å². The van der Waals surface area contributed by atoms with E-state index in [4.69, 9.17) is 0 Å². The van der Waals surface area contributed by atoms with E-state index in [-0.39, 0.29) is 17.7 Å². The molecule has 7 heteroatoms. The minimum atomic E-state index is -0.414. The number of carbonyl (C=O) groups is 2. The van der Waals surface area contributed by atoms with Crippen molar-refractivity contribution in [1.29, 1.82) is 0 Å². The summed E-state index contributed by atoms with van der Waals surface area (Å²) in [7, 11) is 0. The molecule has 6 nitrogen and oxygen atoms in total. The maximum absolute atomic E-state index is 11.6. The number of fused-ring (bicyclic) bond motifs is 1. The van der Waals surface area contributed by atoms with Crippen LogP contribution in [0.25, 0.3) is 11.0 Å². The van der Waals surface area contributed by atoms with Crippen LogP contribution in [0.4, 0.5) is 4.79 Å². The van der Waals surface area contributed by atoms with Crippen molar-refractivity contribution < 1.29 is 9.59 Å². The van der Waals surface area contributed by atoms with Crippen molar-refractivity contribution in [3.05, 3.63) is 24.3 Å². The number of H-pyrrole nitrogens is 1. The van der Waals surface area contributed by atoms with Gasteiger partial charge in [0.25, 0.3) is 0 Å². The fourth-order valence-electron chi connectivity index (χ4n) is 1.74. The molecule has 0 radical (unpaired) electrons. The minimum Gasteiger partial charge on any atom is -0.335 e. The number of carbonyl (C=O) groups excluding carboxylic acids is 2. The van der Waals surface area contributed by atoms with Gasteiger partial charge >= 0.3 is 6.03 Å². The van der Waals surface area contributed by atoms with E-state index in [0.717, 1.165) is 23.9 Å². The van der Waals surface area contributed by atoms with Gasteiger partial charge in [-0.25, -0.2) is 9.78 Å². The Morgan fingerprint density at radius 3 is 2.90 bits per heavy atom. The SMILES string of the molecule is O=C(CSc1nc2ccccc2[nH]1)NC(=O)NC1CC1. The van der Waals surface area contributed by atoms with Crippen LogP contribution in [0, 0.1) is 0 Å². The van der Waals surface area contributed by atoms with Crippen LogP contribution in [0.15, 0.2) is 29.4 Å². The van der Waals surface area contributed by atoms with Gasteiger partial charge in [-0.15, -0.1) is 0 Å². The smallest absolute Gasteiger partial charge is 0.321 e. The van der Waals surface area contributed by atoms with E-state index in [0.29, 0.717) is 5.16 Å². The molecule has 0 saturated heterocycles. The first-order valence-corrected chi connectivity index (χ1v) is 7.37. The van der Waals surface area contributed by atoms with Crippen molar-refractivity contribution in [3.63, 3.8) is 0 Å². The van der Waals surface area contributed by atoms with Crippen LogP contribution in [0.5, 0.6) is 0 Å². The highest BCUT2D eigenvalue weighted by Crippen LogP contribution is 2.19. The summed E-state index contributed by atoms with van der Waals surface area (Å²) in [6.07, 6.45) is 1.99. The molecule has 0 bridgehead atoms. The van der Waals surface area contributed by atoms with Crippen molar-refractivity contribution >= 4 is 34.7 Å². The Labute approximate surface area is 119 Å². The Balaban J connectivity index is 1.50. The van der Waals surface area contributed by atoms with E-state index in [2.05, 4.69) is 20.6 Å². The molecule has 3 rings (SSSR count). The van der Waals surface area contributed by atoms with E-state index < -0.39 is 6.03 Å². The van der Waals surface area contributed by atoms with Crippen LogP contribution < -0.4 is 10.6 Å². The fraction of sp³-hybridized carbons (Fsp3) is 0.308. The number of para-hydroxylation sites is 2. The van der Waals surface area contributed by atoms with Gasteiger partial charge in [0.1, 0.15) is 0 Å². The van der Waals surface area contributed by atoms with Crippen LogP contribution >= 0.6 is 11.8 Å². The van der Waals surface area contributed by atoms with Gasteiger partial charge in [-0.3, -0.25) is 10.1 Å². The second-order valence-corrected chi connectivity index (χ2v) is 5.61. The average Bonchev–Trinajstić information content (AvgIpc) is 3.12. The van der Waals surface area contributed by atoms with E-state index in [1.807, 2.05) is 24.3 Å². The molecule has 1 heterocycles. The number of aromatic nitrogens is 2. The molecule has 0 unspecified atom stereocenters. The highest BCUT2D eigenvalue weighted by Gasteiger charge is 2.23. The summed E-state index contributed by atoms with van der Waals surface area (Å²) in [6.45, 7) is 0. The lowest BCUT2D eigenvalue weighted by molar-refractivity contribution is -0.117. The van der Waals surface area contributed by atoms with Gasteiger partial charge in [0.2, 0.25) is 5.91 Å². The molecule has 0 spiro atoms. The number of imide groups is 1. The Morgan fingerprint density at radius 1 is 1.35 bits per heavy atom. The first kappa shape index (κ1) is 13.0. The number of amides is 3. The summed E-state index contributed by atoms with van der Waals surface area (Å²) in [5.74, 6) is -0.175. The Morgan fingerprint density at radius 2 is 2.15 bits per heavy atom. The number of hydrogen-bond donors (Lipinski definition) is 3. The van der Waals surface area contributed by atoms with E-state index in [9.17, 15) is 9.59 Å². The Hall–Kier alpha value is -2.02. The number of nitrogens with zero attached hydrogens (tertiary/aromatic N) is 1. The van der Waals surface area contributed by atoms with Crippen LogP contribution in [0.2, 0.25) is 0 Å². The quantitative estimate of drug-likeness (QED) is 0.747. The van der Waals surface area contributed by atoms with Gasteiger partial charge < -0.3 is 10.3 Å². The van der Waals surface area contributed by atoms with Gasteiger partial charge in [-0.2, -0.15) is 0 Å². The molecule has 3 N–H and O–H groups in total. The van der Waals surface area contributed by atoms with E-state index in [1.54, 1.807) is 0 Å². The average molecular weight is 290 g/mol. The third-order valence-electron chi connectivity index (χ3n) is 2.87. The topological polar surface area (TPSA) is 86.9 Å². The third-order valence-corrected chi connectivity index (χ3v) is 3.75. The van der Waals surface area contributed by atoms with Crippen LogP contribution in [-0.4, -0.2) is 33.7 Å². The van der Waals surface area contributed by atoms with Crippen molar-refractivity contribution in [2.45, 2.75) is 24.0 Å². The summed E-state index contributed by atoms with van der Waals surface area (Å²) < 4.78 is 0. The number of imidazole rings is 1. The Bertz CT molecular complexity index is 618. The molecule has 0 atom stereocenters. The van der Waals surface area contributed by atoms with Gasteiger partial charge in [-0.05, 0) is 25.0 Å². The van der Waals surface area contributed by atoms with Crippen molar-refractivity contribution in [2.75, 3.05) is 5.75 Å². The number of benzene rings is 1. The molecular formula is C13H14N4O2S. The molecule has 0 aliphatic heterocycles. The normalized spacial score (nSPS) is 14.2. The molecule has 104 valence electrons. The van der Waals surface area contributed by atoms with Crippen molar-refractivity contribution in [3.8, 4) is 0 Å². The van der Waals surface area contributed by atoms with Crippen LogP contribution in [0.3, 0.4) is 0 Å². The second-order valence-electron chi connectivity index (χ2n) is 4.64. The zero-order valence-corrected chi connectivity index (χ0v) is 11.5. The lowest BCUT2D eigenvalue weighted by atomic mass is 10.3. The molecule has 1 saturated carbocycles. The number of rotatable bonds is 4. The zero-order chi connectivity index (χ0) is 13.9. The predicted octanol–water partition coefficient (Wildman–Crippen LogP) is 1.64. The molecule has 1 aliphatic carbocycles. The lowest BCUT2D eigenvalue weighted by Gasteiger charge is -2.04. The summed E-state index contributed by atoms with van der Waals surface area (Å²) in [4.78, 5) is 30.5.